The van der Waals surface area contributed by atoms with Gasteiger partial charge in [-0.05, 0) is 25.7 Å². The number of nitrogens with zero attached hydrogens (tertiary/aromatic N) is 3. The standard InChI is InChI=1S/C16H28N4O2/c1-5-7-15-18-16(22-19-15)11(3)17-14-8-9-20(12(4)21)10-13(14)6-2/h11,13-14,17H,5-10H2,1-4H3/t11-,13-,14+/m0/s1. The van der Waals surface area contributed by atoms with Gasteiger partial charge in [-0.3, -0.25) is 4.79 Å². The first-order valence-electron chi connectivity index (χ1n) is 8.39. The SMILES string of the molecule is CCCc1noc([C@H](C)N[C@@H]2CCN(C(C)=O)C[C@@H]2CC)n1. The number of nitrogens with one attached hydrogen (secondary N) is 1. The second kappa shape index (κ2) is 7.72. The second-order valence-corrected chi connectivity index (χ2v) is 6.22. The molecule has 6 heteroatoms. The Morgan fingerprint density at radius 3 is 2.91 bits per heavy atom. The Morgan fingerprint density at radius 2 is 2.27 bits per heavy atom. The van der Waals surface area contributed by atoms with Crippen LogP contribution in [-0.4, -0.2) is 40.1 Å². The highest BCUT2D eigenvalue weighted by Gasteiger charge is 2.31. The number of amides is 1. The van der Waals surface area contributed by atoms with Crippen molar-refractivity contribution < 1.29 is 9.32 Å². The summed E-state index contributed by atoms with van der Waals surface area (Å²) in [7, 11) is 0. The first kappa shape index (κ1) is 16.9. The van der Waals surface area contributed by atoms with Gasteiger partial charge < -0.3 is 14.7 Å². The van der Waals surface area contributed by atoms with Gasteiger partial charge in [-0.2, -0.15) is 4.98 Å². The molecule has 22 heavy (non-hydrogen) atoms. The van der Waals surface area contributed by atoms with Crippen LogP contribution in [0.25, 0.3) is 0 Å². The molecule has 0 aliphatic carbocycles. The molecule has 1 aromatic rings. The van der Waals surface area contributed by atoms with Crippen molar-refractivity contribution in [3.8, 4) is 0 Å². The zero-order valence-electron chi connectivity index (χ0n) is 14.1. The third-order valence-electron chi connectivity index (χ3n) is 4.50. The van der Waals surface area contributed by atoms with Crippen LogP contribution >= 0.6 is 0 Å². The van der Waals surface area contributed by atoms with Crippen molar-refractivity contribution in [2.24, 2.45) is 5.92 Å². The molecular formula is C16H28N4O2. The van der Waals surface area contributed by atoms with E-state index in [1.165, 1.54) is 0 Å². The Balaban J connectivity index is 1.94. The number of aryl methyl sites for hydroxylation is 1. The van der Waals surface area contributed by atoms with Gasteiger partial charge >= 0.3 is 0 Å². The minimum Gasteiger partial charge on any atom is -0.343 e. The van der Waals surface area contributed by atoms with E-state index in [0.717, 1.165) is 44.6 Å². The van der Waals surface area contributed by atoms with Crippen LogP contribution < -0.4 is 5.32 Å². The number of hydrogen-bond donors (Lipinski definition) is 1. The van der Waals surface area contributed by atoms with Crippen molar-refractivity contribution in [1.82, 2.24) is 20.4 Å². The number of carbonyl (C=O) groups excluding carboxylic acids is 1. The summed E-state index contributed by atoms with van der Waals surface area (Å²) in [5.74, 6) is 2.08. The molecule has 0 aromatic carbocycles. The van der Waals surface area contributed by atoms with Crippen LogP contribution in [0, 0.1) is 5.92 Å². The Labute approximate surface area is 132 Å². The molecule has 1 aromatic heterocycles. The summed E-state index contributed by atoms with van der Waals surface area (Å²) in [6.45, 7) is 9.65. The molecule has 2 heterocycles. The normalized spacial score (nSPS) is 23.5. The minimum atomic E-state index is 0.0426. The molecule has 124 valence electrons. The van der Waals surface area contributed by atoms with Crippen LogP contribution in [0.5, 0.6) is 0 Å². The van der Waals surface area contributed by atoms with E-state index < -0.39 is 0 Å². The van der Waals surface area contributed by atoms with Crippen molar-refractivity contribution in [2.75, 3.05) is 13.1 Å². The third kappa shape index (κ3) is 4.06. The Morgan fingerprint density at radius 1 is 1.50 bits per heavy atom. The maximum atomic E-state index is 11.5. The summed E-state index contributed by atoms with van der Waals surface area (Å²) in [6.07, 6.45) is 3.89. The largest absolute Gasteiger partial charge is 0.343 e. The number of rotatable bonds is 6. The van der Waals surface area contributed by atoms with Crippen LogP contribution in [-0.2, 0) is 11.2 Å². The summed E-state index contributed by atoms with van der Waals surface area (Å²) in [5.41, 5.74) is 0. The van der Waals surface area contributed by atoms with E-state index in [1.54, 1.807) is 6.92 Å². The summed E-state index contributed by atoms with van der Waals surface area (Å²) >= 11 is 0. The molecule has 0 saturated carbocycles. The van der Waals surface area contributed by atoms with Crippen molar-refractivity contribution in [1.29, 1.82) is 0 Å². The lowest BCUT2D eigenvalue weighted by Crippen LogP contribution is -2.50. The summed E-state index contributed by atoms with van der Waals surface area (Å²) in [4.78, 5) is 17.9. The van der Waals surface area contributed by atoms with E-state index in [-0.39, 0.29) is 11.9 Å². The summed E-state index contributed by atoms with van der Waals surface area (Å²) in [6, 6.07) is 0.429. The first-order chi connectivity index (χ1) is 10.5. The maximum absolute atomic E-state index is 11.5. The van der Waals surface area contributed by atoms with Gasteiger partial charge in [-0.1, -0.05) is 25.4 Å². The second-order valence-electron chi connectivity index (χ2n) is 6.22. The zero-order valence-corrected chi connectivity index (χ0v) is 14.1. The van der Waals surface area contributed by atoms with Crippen molar-refractivity contribution >= 4 is 5.91 Å². The number of hydrogen-bond acceptors (Lipinski definition) is 5. The van der Waals surface area contributed by atoms with Crippen LogP contribution in [0.3, 0.4) is 0 Å². The van der Waals surface area contributed by atoms with E-state index >= 15 is 0 Å². The molecule has 1 fully saturated rings. The Bertz CT molecular complexity index is 488. The highest BCUT2D eigenvalue weighted by molar-refractivity contribution is 5.73. The summed E-state index contributed by atoms with van der Waals surface area (Å²) < 4.78 is 5.36. The molecule has 0 spiro atoms. The van der Waals surface area contributed by atoms with Crippen molar-refractivity contribution in [3.05, 3.63) is 11.7 Å². The predicted octanol–water partition coefficient (Wildman–Crippen LogP) is 2.32. The number of aromatic nitrogens is 2. The van der Waals surface area contributed by atoms with Gasteiger partial charge in [-0.15, -0.1) is 0 Å². The molecule has 1 saturated heterocycles. The molecule has 1 amide bonds. The molecule has 1 N–H and O–H groups in total. The molecule has 0 bridgehead atoms. The smallest absolute Gasteiger partial charge is 0.243 e. The van der Waals surface area contributed by atoms with E-state index in [0.29, 0.717) is 17.9 Å². The van der Waals surface area contributed by atoms with Gasteiger partial charge in [0.2, 0.25) is 11.8 Å². The van der Waals surface area contributed by atoms with Crippen molar-refractivity contribution in [3.63, 3.8) is 0 Å². The van der Waals surface area contributed by atoms with Crippen LogP contribution in [0.15, 0.2) is 4.52 Å². The monoisotopic (exact) mass is 308 g/mol. The van der Waals surface area contributed by atoms with Gasteiger partial charge in [0.1, 0.15) is 0 Å². The fourth-order valence-electron chi connectivity index (χ4n) is 3.11. The highest BCUT2D eigenvalue weighted by atomic mass is 16.5. The fraction of sp³-hybridized carbons (Fsp3) is 0.812. The molecule has 6 nitrogen and oxygen atoms in total. The highest BCUT2D eigenvalue weighted by Crippen LogP contribution is 2.23. The maximum Gasteiger partial charge on any atom is 0.243 e. The number of likely N-dealkylation sites (tertiary alicyclic amines) is 1. The lowest BCUT2D eigenvalue weighted by atomic mass is 9.89. The van der Waals surface area contributed by atoms with Gasteiger partial charge in [0.05, 0.1) is 6.04 Å². The van der Waals surface area contributed by atoms with Gasteiger partial charge in [0.25, 0.3) is 0 Å². The number of carbonyl (C=O) groups is 1. The van der Waals surface area contributed by atoms with E-state index in [1.807, 2.05) is 4.90 Å². The Kier molecular flexibility index (Phi) is 5.94. The summed E-state index contributed by atoms with van der Waals surface area (Å²) in [5, 5.41) is 7.63. The van der Waals surface area contributed by atoms with Crippen LogP contribution in [0.1, 0.15) is 64.7 Å². The lowest BCUT2D eigenvalue weighted by molar-refractivity contribution is -0.131. The lowest BCUT2D eigenvalue weighted by Gasteiger charge is -2.39. The van der Waals surface area contributed by atoms with E-state index in [4.69, 9.17) is 4.52 Å². The average Bonchev–Trinajstić information content (AvgIpc) is 2.96. The van der Waals surface area contributed by atoms with Gasteiger partial charge in [0.15, 0.2) is 5.82 Å². The quantitative estimate of drug-likeness (QED) is 0.873. The van der Waals surface area contributed by atoms with E-state index in [2.05, 4.69) is 36.2 Å². The molecule has 0 unspecified atom stereocenters. The van der Waals surface area contributed by atoms with E-state index in [9.17, 15) is 4.79 Å². The molecule has 2 rings (SSSR count). The predicted molar refractivity (Wildman–Crippen MR) is 84.3 cm³/mol. The van der Waals surface area contributed by atoms with Crippen LogP contribution in [0.2, 0.25) is 0 Å². The third-order valence-corrected chi connectivity index (χ3v) is 4.50. The van der Waals surface area contributed by atoms with Gasteiger partial charge in [-0.25, -0.2) is 0 Å². The fourth-order valence-corrected chi connectivity index (χ4v) is 3.11. The topological polar surface area (TPSA) is 71.3 Å². The number of piperidine rings is 1. The first-order valence-corrected chi connectivity index (χ1v) is 8.39. The molecule has 1 aliphatic heterocycles. The van der Waals surface area contributed by atoms with Crippen molar-refractivity contribution in [2.45, 2.75) is 65.5 Å². The zero-order chi connectivity index (χ0) is 16.1. The van der Waals surface area contributed by atoms with Crippen LogP contribution in [0.4, 0.5) is 0 Å². The average molecular weight is 308 g/mol. The molecule has 0 radical (unpaired) electrons. The minimum absolute atomic E-state index is 0.0426. The molecule has 3 atom stereocenters. The molecule has 1 aliphatic rings. The Hall–Kier alpha value is -1.43. The van der Waals surface area contributed by atoms with Gasteiger partial charge in [0, 0.05) is 32.5 Å². The molecular weight excluding hydrogens is 280 g/mol.